The zero-order valence-corrected chi connectivity index (χ0v) is 15.6. The maximum atomic E-state index is 12.5. The molecule has 1 heterocycles. The number of para-hydroxylation sites is 2. The van der Waals surface area contributed by atoms with Gasteiger partial charge in [0.1, 0.15) is 5.75 Å². The van der Waals surface area contributed by atoms with Crippen LogP contribution in [0.25, 0.3) is 0 Å². The van der Waals surface area contributed by atoms with Crippen LogP contribution in [-0.4, -0.2) is 36.4 Å². The zero-order valence-electron chi connectivity index (χ0n) is 14.8. The standard InChI is InChI=1S/C20H21ClN2O3/c1-14-20(25)23(17-8-3-4-9-18(17)26-14)11-10-19(24)22(2)13-15-6-5-7-16(21)12-15/h3-9,12,14H,10-11,13H2,1-2H3. The minimum atomic E-state index is -0.552. The van der Waals surface area contributed by atoms with Crippen molar-refractivity contribution in [3.8, 4) is 5.75 Å². The minimum Gasteiger partial charge on any atom is -0.479 e. The van der Waals surface area contributed by atoms with Gasteiger partial charge < -0.3 is 14.5 Å². The number of nitrogens with zero attached hydrogens (tertiary/aromatic N) is 2. The first-order valence-electron chi connectivity index (χ1n) is 8.51. The lowest BCUT2D eigenvalue weighted by Crippen LogP contribution is -2.45. The predicted molar refractivity (Wildman–Crippen MR) is 101 cm³/mol. The average Bonchev–Trinajstić information content (AvgIpc) is 2.62. The Kier molecular flexibility index (Phi) is 5.47. The van der Waals surface area contributed by atoms with Gasteiger partial charge in [-0.1, -0.05) is 35.9 Å². The van der Waals surface area contributed by atoms with Crippen LogP contribution in [0.1, 0.15) is 18.9 Å². The second-order valence-electron chi connectivity index (χ2n) is 6.35. The van der Waals surface area contributed by atoms with E-state index in [0.717, 1.165) is 5.56 Å². The number of halogens is 1. The molecule has 0 saturated carbocycles. The fourth-order valence-electron chi connectivity index (χ4n) is 2.99. The topological polar surface area (TPSA) is 49.9 Å². The SMILES string of the molecule is CC1Oc2ccccc2N(CCC(=O)N(C)Cc2cccc(Cl)c2)C1=O. The maximum absolute atomic E-state index is 12.5. The summed E-state index contributed by atoms with van der Waals surface area (Å²) in [5.74, 6) is 0.503. The van der Waals surface area contributed by atoms with E-state index >= 15 is 0 Å². The normalized spacial score (nSPS) is 16.0. The molecule has 5 nitrogen and oxygen atoms in total. The largest absolute Gasteiger partial charge is 0.479 e. The van der Waals surface area contributed by atoms with Crippen molar-refractivity contribution in [1.82, 2.24) is 4.90 Å². The Morgan fingerprint density at radius 2 is 2.00 bits per heavy atom. The Morgan fingerprint density at radius 1 is 1.23 bits per heavy atom. The summed E-state index contributed by atoms with van der Waals surface area (Å²) in [5.41, 5.74) is 1.68. The molecule has 1 aliphatic heterocycles. The molecule has 0 aliphatic carbocycles. The molecule has 1 unspecified atom stereocenters. The van der Waals surface area contributed by atoms with Crippen LogP contribution in [0.2, 0.25) is 5.02 Å². The number of rotatable bonds is 5. The number of carbonyl (C=O) groups is 2. The first-order chi connectivity index (χ1) is 12.5. The lowest BCUT2D eigenvalue weighted by Gasteiger charge is -2.33. The third kappa shape index (κ3) is 3.99. The van der Waals surface area contributed by atoms with Crippen molar-refractivity contribution in [1.29, 1.82) is 0 Å². The fraction of sp³-hybridized carbons (Fsp3) is 0.300. The highest BCUT2D eigenvalue weighted by Crippen LogP contribution is 2.33. The summed E-state index contributed by atoms with van der Waals surface area (Å²) in [7, 11) is 1.75. The van der Waals surface area contributed by atoms with Gasteiger partial charge in [-0.25, -0.2) is 0 Å². The molecule has 3 rings (SSSR count). The molecular weight excluding hydrogens is 352 g/mol. The van der Waals surface area contributed by atoms with Gasteiger partial charge in [-0.3, -0.25) is 9.59 Å². The number of fused-ring (bicyclic) bond motifs is 1. The number of carbonyl (C=O) groups excluding carboxylic acids is 2. The third-order valence-electron chi connectivity index (χ3n) is 4.36. The molecule has 0 N–H and O–H groups in total. The second-order valence-corrected chi connectivity index (χ2v) is 6.78. The van der Waals surface area contributed by atoms with E-state index in [1.807, 2.05) is 42.5 Å². The smallest absolute Gasteiger partial charge is 0.267 e. The molecule has 26 heavy (non-hydrogen) atoms. The van der Waals surface area contributed by atoms with Crippen molar-refractivity contribution in [3.63, 3.8) is 0 Å². The van der Waals surface area contributed by atoms with E-state index in [2.05, 4.69) is 0 Å². The van der Waals surface area contributed by atoms with Gasteiger partial charge in [0.15, 0.2) is 6.10 Å². The molecule has 1 aliphatic rings. The molecule has 136 valence electrons. The van der Waals surface area contributed by atoms with Crippen LogP contribution in [0.4, 0.5) is 5.69 Å². The summed E-state index contributed by atoms with van der Waals surface area (Å²) in [6.45, 7) is 2.52. The molecule has 0 fully saturated rings. The number of hydrogen-bond donors (Lipinski definition) is 0. The Hall–Kier alpha value is -2.53. The molecular formula is C20H21ClN2O3. The number of anilines is 1. The number of amides is 2. The average molecular weight is 373 g/mol. The van der Waals surface area contributed by atoms with Gasteiger partial charge in [-0.15, -0.1) is 0 Å². The van der Waals surface area contributed by atoms with Gasteiger partial charge in [0.25, 0.3) is 5.91 Å². The van der Waals surface area contributed by atoms with Crippen molar-refractivity contribution in [3.05, 3.63) is 59.1 Å². The number of hydrogen-bond acceptors (Lipinski definition) is 3. The Labute approximate surface area is 158 Å². The maximum Gasteiger partial charge on any atom is 0.267 e. The van der Waals surface area contributed by atoms with Crippen molar-refractivity contribution < 1.29 is 14.3 Å². The molecule has 0 radical (unpaired) electrons. The van der Waals surface area contributed by atoms with E-state index in [0.29, 0.717) is 29.5 Å². The van der Waals surface area contributed by atoms with Crippen molar-refractivity contribution >= 4 is 29.1 Å². The Balaban J connectivity index is 1.64. The summed E-state index contributed by atoms with van der Waals surface area (Å²) in [4.78, 5) is 28.2. The van der Waals surface area contributed by atoms with Crippen LogP contribution >= 0.6 is 11.6 Å². The highest BCUT2D eigenvalue weighted by atomic mass is 35.5. The Bertz CT molecular complexity index is 824. The van der Waals surface area contributed by atoms with Gasteiger partial charge in [-0.2, -0.15) is 0 Å². The lowest BCUT2D eigenvalue weighted by molar-refractivity contribution is -0.130. The van der Waals surface area contributed by atoms with E-state index in [1.54, 1.807) is 29.8 Å². The molecule has 0 spiro atoms. The van der Waals surface area contributed by atoms with Crippen LogP contribution < -0.4 is 9.64 Å². The molecule has 0 aromatic heterocycles. The van der Waals surface area contributed by atoms with Crippen molar-refractivity contribution in [2.75, 3.05) is 18.5 Å². The number of ether oxygens (including phenoxy) is 1. The van der Waals surface area contributed by atoms with Crippen LogP contribution in [0.15, 0.2) is 48.5 Å². The van der Waals surface area contributed by atoms with Gasteiger partial charge in [-0.05, 0) is 36.8 Å². The van der Waals surface area contributed by atoms with Crippen LogP contribution in [0, 0.1) is 0 Å². The van der Waals surface area contributed by atoms with Crippen LogP contribution in [0.3, 0.4) is 0 Å². The first kappa shape index (κ1) is 18.3. The molecule has 2 amide bonds. The van der Waals surface area contributed by atoms with E-state index in [9.17, 15) is 9.59 Å². The predicted octanol–water partition coefficient (Wildman–Crippen LogP) is 3.50. The highest BCUT2D eigenvalue weighted by molar-refractivity contribution is 6.30. The van der Waals surface area contributed by atoms with Gasteiger partial charge >= 0.3 is 0 Å². The van der Waals surface area contributed by atoms with Gasteiger partial charge in [0.05, 0.1) is 5.69 Å². The van der Waals surface area contributed by atoms with E-state index in [1.165, 1.54) is 0 Å². The summed E-state index contributed by atoms with van der Waals surface area (Å²) in [6.07, 6.45) is -0.312. The van der Waals surface area contributed by atoms with Crippen molar-refractivity contribution in [2.24, 2.45) is 0 Å². The number of benzene rings is 2. The molecule has 1 atom stereocenters. The van der Waals surface area contributed by atoms with Gasteiger partial charge in [0, 0.05) is 31.6 Å². The summed E-state index contributed by atoms with van der Waals surface area (Å²) >= 11 is 5.99. The molecule has 2 aromatic carbocycles. The summed E-state index contributed by atoms with van der Waals surface area (Å²) in [5, 5.41) is 0.646. The summed E-state index contributed by atoms with van der Waals surface area (Å²) < 4.78 is 5.62. The molecule has 0 bridgehead atoms. The second kappa shape index (κ2) is 7.79. The van der Waals surface area contributed by atoms with E-state index in [4.69, 9.17) is 16.3 Å². The third-order valence-corrected chi connectivity index (χ3v) is 4.59. The molecule has 6 heteroatoms. The quantitative estimate of drug-likeness (QED) is 0.807. The van der Waals surface area contributed by atoms with Gasteiger partial charge in [0.2, 0.25) is 5.91 Å². The van der Waals surface area contributed by atoms with Crippen molar-refractivity contribution in [2.45, 2.75) is 26.0 Å². The monoisotopic (exact) mass is 372 g/mol. The van der Waals surface area contributed by atoms with Crippen LogP contribution in [0.5, 0.6) is 5.75 Å². The van der Waals surface area contributed by atoms with E-state index < -0.39 is 6.10 Å². The Morgan fingerprint density at radius 3 is 2.77 bits per heavy atom. The van der Waals surface area contributed by atoms with Crippen LogP contribution in [-0.2, 0) is 16.1 Å². The highest BCUT2D eigenvalue weighted by Gasteiger charge is 2.31. The van der Waals surface area contributed by atoms with E-state index in [-0.39, 0.29) is 18.2 Å². The fourth-order valence-corrected chi connectivity index (χ4v) is 3.20. The molecule has 0 saturated heterocycles. The molecule has 2 aromatic rings. The minimum absolute atomic E-state index is 0.0330. The lowest BCUT2D eigenvalue weighted by atomic mass is 10.1. The first-order valence-corrected chi connectivity index (χ1v) is 8.89. The zero-order chi connectivity index (χ0) is 18.7. The summed E-state index contributed by atoms with van der Waals surface area (Å²) in [6, 6.07) is 14.8.